The highest BCUT2D eigenvalue weighted by molar-refractivity contribution is 7.80. The van der Waals surface area contributed by atoms with Crippen LogP contribution in [0.5, 0.6) is 0 Å². The summed E-state index contributed by atoms with van der Waals surface area (Å²) in [5.74, 6) is 0.774. The Morgan fingerprint density at radius 2 is 1.97 bits per heavy atom. The number of ether oxygens (including phenoxy) is 1. The lowest BCUT2D eigenvalue weighted by molar-refractivity contribution is 0.186. The van der Waals surface area contributed by atoms with Gasteiger partial charge < -0.3 is 24.4 Å². The Bertz CT molecular complexity index is 1160. The third kappa shape index (κ3) is 4.90. The third-order valence-electron chi connectivity index (χ3n) is 7.14. The van der Waals surface area contributed by atoms with E-state index >= 15 is 0 Å². The van der Waals surface area contributed by atoms with Crippen molar-refractivity contribution in [3.8, 4) is 0 Å². The van der Waals surface area contributed by atoms with Crippen molar-refractivity contribution in [2.75, 3.05) is 36.6 Å². The van der Waals surface area contributed by atoms with Gasteiger partial charge in [0.1, 0.15) is 6.04 Å². The van der Waals surface area contributed by atoms with E-state index in [1.54, 1.807) is 7.11 Å². The second kappa shape index (κ2) is 10.6. The van der Waals surface area contributed by atoms with Crippen molar-refractivity contribution in [2.45, 2.75) is 38.4 Å². The van der Waals surface area contributed by atoms with Gasteiger partial charge in [-0.2, -0.15) is 0 Å². The van der Waals surface area contributed by atoms with Crippen LogP contribution in [0.4, 0.5) is 11.4 Å². The van der Waals surface area contributed by atoms with Crippen molar-refractivity contribution in [1.82, 2.24) is 14.9 Å². The molecule has 2 atom stereocenters. The van der Waals surface area contributed by atoms with Gasteiger partial charge >= 0.3 is 0 Å². The first kappa shape index (κ1) is 24.1. The fourth-order valence-corrected chi connectivity index (χ4v) is 5.81. The number of thiocarbonyl (C=S) groups is 1. The van der Waals surface area contributed by atoms with Crippen LogP contribution in [0, 0.1) is 5.92 Å². The minimum Gasteiger partial charge on any atom is -0.383 e. The van der Waals surface area contributed by atoms with Gasteiger partial charge in [-0.3, -0.25) is 4.98 Å². The fourth-order valence-electron chi connectivity index (χ4n) is 5.17. The Kier molecular flexibility index (Phi) is 7.27. The molecule has 35 heavy (non-hydrogen) atoms. The van der Waals surface area contributed by atoms with E-state index in [4.69, 9.17) is 28.6 Å². The first-order valence-corrected chi connectivity index (χ1v) is 13.0. The maximum atomic E-state index is 6.88. The van der Waals surface area contributed by atoms with E-state index in [9.17, 15) is 0 Å². The van der Waals surface area contributed by atoms with Gasteiger partial charge in [0.2, 0.25) is 0 Å². The van der Waals surface area contributed by atoms with E-state index in [1.165, 1.54) is 12.8 Å². The van der Waals surface area contributed by atoms with Crippen LogP contribution in [0.3, 0.4) is 0 Å². The predicted octanol–water partition coefficient (Wildman–Crippen LogP) is 5.60. The smallest absolute Gasteiger partial charge is 0.174 e. The second-order valence-corrected chi connectivity index (χ2v) is 10.2. The van der Waals surface area contributed by atoms with Crippen molar-refractivity contribution in [1.29, 1.82) is 0 Å². The molecule has 0 spiro atoms. The molecule has 2 aliphatic rings. The minimum atomic E-state index is -0.0954. The Hall–Kier alpha value is -2.61. The second-order valence-electron chi connectivity index (χ2n) is 9.42. The number of nitrogens with zero attached hydrogens (tertiary/aromatic N) is 4. The summed E-state index contributed by atoms with van der Waals surface area (Å²) < 4.78 is 7.59. The van der Waals surface area contributed by atoms with Crippen molar-refractivity contribution < 1.29 is 4.74 Å². The summed E-state index contributed by atoms with van der Waals surface area (Å²) in [4.78, 5) is 9.24. The number of aromatic nitrogens is 2. The fraction of sp³-hybridized carbons (Fsp3) is 0.407. The van der Waals surface area contributed by atoms with Crippen LogP contribution in [-0.2, 0) is 11.3 Å². The number of hydrogen-bond acceptors (Lipinski definition) is 4. The number of nitrogens with one attached hydrogen (secondary N) is 1. The molecule has 0 unspecified atom stereocenters. The number of hydrogen-bond donors (Lipinski definition) is 1. The summed E-state index contributed by atoms with van der Waals surface area (Å²) in [5, 5.41) is 4.97. The van der Waals surface area contributed by atoms with Gasteiger partial charge in [0.15, 0.2) is 5.11 Å². The van der Waals surface area contributed by atoms with Crippen molar-refractivity contribution in [2.24, 2.45) is 5.92 Å². The van der Waals surface area contributed by atoms with Crippen LogP contribution in [0.25, 0.3) is 0 Å². The zero-order chi connectivity index (χ0) is 24.4. The maximum absolute atomic E-state index is 6.88. The van der Waals surface area contributed by atoms with Crippen LogP contribution >= 0.6 is 23.8 Å². The monoisotopic (exact) mass is 509 g/mol. The molecule has 0 aliphatic carbocycles. The Morgan fingerprint density at radius 1 is 1.14 bits per heavy atom. The van der Waals surface area contributed by atoms with Crippen molar-refractivity contribution in [3.05, 3.63) is 77.3 Å². The number of methoxy groups -OCH3 is 1. The zero-order valence-corrected chi connectivity index (χ0v) is 21.8. The lowest BCUT2D eigenvalue weighted by atomic mass is 9.98. The molecule has 2 aliphatic heterocycles. The topological polar surface area (TPSA) is 45.6 Å². The van der Waals surface area contributed by atoms with E-state index in [-0.39, 0.29) is 12.1 Å². The van der Waals surface area contributed by atoms with Gasteiger partial charge in [-0.1, -0.05) is 24.6 Å². The molecular weight excluding hydrogens is 478 g/mol. The number of pyridine rings is 1. The maximum Gasteiger partial charge on any atom is 0.174 e. The average Bonchev–Trinajstić information content (AvgIpc) is 3.47. The van der Waals surface area contributed by atoms with Crippen molar-refractivity contribution in [3.63, 3.8) is 0 Å². The summed E-state index contributed by atoms with van der Waals surface area (Å²) in [6, 6.07) is 16.4. The highest BCUT2D eigenvalue weighted by Gasteiger charge is 2.42. The lowest BCUT2D eigenvalue weighted by Crippen LogP contribution is -2.33. The molecule has 0 radical (unpaired) electrons. The normalized spacial score (nSPS) is 20.9. The quantitative estimate of drug-likeness (QED) is 0.418. The highest BCUT2D eigenvalue weighted by Crippen LogP contribution is 2.43. The first-order valence-electron chi connectivity index (χ1n) is 12.3. The molecule has 6 nitrogen and oxygen atoms in total. The number of piperidine rings is 1. The van der Waals surface area contributed by atoms with Crippen LogP contribution < -0.4 is 15.1 Å². The highest BCUT2D eigenvalue weighted by atomic mass is 35.5. The molecule has 1 aromatic carbocycles. The van der Waals surface area contributed by atoms with Crippen LogP contribution in [0.15, 0.2) is 60.9 Å². The Labute approximate surface area is 217 Å². The van der Waals surface area contributed by atoms with Crippen LogP contribution in [0.2, 0.25) is 5.02 Å². The molecule has 2 aromatic heterocycles. The SMILES string of the molecule is COCCn1cccc1[C@H]1[C@H](c2ccccn2)NC(=S)N1c1ccc(N2CCC(C)CC2)c(Cl)c1. The Morgan fingerprint density at radius 3 is 2.69 bits per heavy atom. The van der Waals surface area contributed by atoms with E-state index in [2.05, 4.69) is 68.1 Å². The molecule has 0 saturated carbocycles. The number of benzene rings is 1. The third-order valence-corrected chi connectivity index (χ3v) is 7.75. The molecule has 5 rings (SSSR count). The van der Waals surface area contributed by atoms with E-state index < -0.39 is 0 Å². The molecule has 0 bridgehead atoms. The zero-order valence-electron chi connectivity index (χ0n) is 20.2. The molecule has 0 amide bonds. The van der Waals surface area contributed by atoms with Gasteiger partial charge in [0.25, 0.3) is 0 Å². The average molecular weight is 510 g/mol. The minimum absolute atomic E-state index is 0.0815. The standard InChI is InChI=1S/C27H32ClN5OS/c1-19-10-14-32(15-11-19)23-9-8-20(18-21(23)28)33-26(24-7-5-13-31(24)16-17-34-2)25(30-27(33)35)22-6-3-4-12-29-22/h3-9,12-13,18-19,25-26H,10-11,14-17H2,1-2H3,(H,30,35)/t25-,26-/m0/s1. The number of rotatable bonds is 7. The first-order chi connectivity index (χ1) is 17.1. The summed E-state index contributed by atoms with van der Waals surface area (Å²) in [6.07, 6.45) is 6.32. The van der Waals surface area contributed by atoms with Gasteiger partial charge in [0.05, 0.1) is 29.1 Å². The molecule has 8 heteroatoms. The van der Waals surface area contributed by atoms with Gasteiger partial charge in [-0.05, 0) is 73.4 Å². The summed E-state index contributed by atoms with van der Waals surface area (Å²) in [7, 11) is 1.73. The Balaban J connectivity index is 1.52. The van der Waals surface area contributed by atoms with Gasteiger partial charge in [-0.25, -0.2) is 0 Å². The predicted molar refractivity (Wildman–Crippen MR) is 146 cm³/mol. The number of halogens is 1. The number of anilines is 2. The molecular formula is C27H32ClN5OS. The molecule has 1 N–H and O–H groups in total. The summed E-state index contributed by atoms with van der Waals surface area (Å²) in [6.45, 7) is 5.81. The van der Waals surface area contributed by atoms with Crippen molar-refractivity contribution >= 4 is 40.3 Å². The van der Waals surface area contributed by atoms with E-state index in [0.717, 1.165) is 53.3 Å². The van der Waals surface area contributed by atoms with Gasteiger partial charge in [-0.15, -0.1) is 0 Å². The van der Waals surface area contributed by atoms with E-state index in [1.807, 2.05) is 24.4 Å². The van der Waals surface area contributed by atoms with Crippen LogP contribution in [-0.4, -0.2) is 41.5 Å². The molecule has 184 valence electrons. The molecule has 2 saturated heterocycles. The summed E-state index contributed by atoms with van der Waals surface area (Å²) in [5.41, 5.74) is 4.17. The largest absolute Gasteiger partial charge is 0.383 e. The molecule has 2 fully saturated rings. The van der Waals surface area contributed by atoms with Crippen LogP contribution in [0.1, 0.15) is 43.2 Å². The molecule has 4 heterocycles. The van der Waals surface area contributed by atoms with Gasteiger partial charge in [0, 0.05) is 50.5 Å². The molecule has 3 aromatic rings. The summed E-state index contributed by atoms with van der Waals surface area (Å²) >= 11 is 12.8. The lowest BCUT2D eigenvalue weighted by Gasteiger charge is -2.33. The van der Waals surface area contributed by atoms with E-state index in [0.29, 0.717) is 11.7 Å².